The summed E-state index contributed by atoms with van der Waals surface area (Å²) in [4.78, 5) is 14.6. The minimum atomic E-state index is -0.418. The van der Waals surface area contributed by atoms with E-state index >= 15 is 0 Å². The van der Waals surface area contributed by atoms with Crippen LogP contribution >= 0.6 is 23.6 Å². The van der Waals surface area contributed by atoms with E-state index in [2.05, 4.69) is 0 Å². The molecule has 0 bridgehead atoms. The van der Waals surface area contributed by atoms with Crippen LogP contribution in [-0.2, 0) is 0 Å². The number of carbonyl (C=O) groups is 1. The average Bonchev–Trinajstić information content (AvgIpc) is 3.08. The number of halogens is 1. The van der Waals surface area contributed by atoms with Crippen LogP contribution in [0.3, 0.4) is 0 Å². The molecule has 0 radical (unpaired) electrons. The summed E-state index contributed by atoms with van der Waals surface area (Å²) in [5.74, 6) is -0.318. The number of anilines is 1. The van der Waals surface area contributed by atoms with Crippen molar-refractivity contribution < 1.29 is 9.18 Å². The summed E-state index contributed by atoms with van der Waals surface area (Å²) in [5, 5.41) is 0. The molecule has 1 saturated heterocycles. The van der Waals surface area contributed by atoms with E-state index in [0.717, 1.165) is 37.3 Å². The highest BCUT2D eigenvalue weighted by atomic mass is 32.1. The molecule has 1 aromatic heterocycles. The van der Waals surface area contributed by atoms with Crippen molar-refractivity contribution in [2.75, 3.05) is 18.8 Å². The van der Waals surface area contributed by atoms with Crippen LogP contribution < -0.4 is 5.73 Å². The molecule has 110 valence electrons. The van der Waals surface area contributed by atoms with E-state index in [-0.39, 0.29) is 17.4 Å². The lowest BCUT2D eigenvalue weighted by Gasteiger charge is -2.14. The number of nitrogen functional groups attached to an aromatic ring is 1. The maximum Gasteiger partial charge on any atom is 0.267 e. The molecule has 2 aromatic rings. The molecule has 0 unspecified atom stereocenters. The van der Waals surface area contributed by atoms with E-state index in [4.69, 9.17) is 18.0 Å². The Labute approximate surface area is 130 Å². The van der Waals surface area contributed by atoms with Gasteiger partial charge >= 0.3 is 0 Å². The second kappa shape index (κ2) is 5.57. The quantitative estimate of drug-likeness (QED) is 0.863. The van der Waals surface area contributed by atoms with Gasteiger partial charge in [-0.2, -0.15) is 0 Å². The maximum absolute atomic E-state index is 13.9. The molecule has 3 rings (SSSR count). The van der Waals surface area contributed by atoms with Gasteiger partial charge in [0.15, 0.2) is 3.95 Å². The van der Waals surface area contributed by atoms with Crippen LogP contribution in [0.15, 0.2) is 24.3 Å². The van der Waals surface area contributed by atoms with Gasteiger partial charge in [-0.1, -0.05) is 23.5 Å². The number of likely N-dealkylation sites (tertiary alicyclic amines) is 1. The van der Waals surface area contributed by atoms with Crippen molar-refractivity contribution in [2.45, 2.75) is 12.8 Å². The molecule has 4 nitrogen and oxygen atoms in total. The van der Waals surface area contributed by atoms with Crippen LogP contribution in [0.4, 0.5) is 10.2 Å². The predicted octanol–water partition coefficient (Wildman–Crippen LogP) is 3.23. The van der Waals surface area contributed by atoms with Gasteiger partial charge in [-0.05, 0) is 37.2 Å². The summed E-state index contributed by atoms with van der Waals surface area (Å²) < 4.78 is 15.7. The molecule has 0 aliphatic carbocycles. The zero-order valence-corrected chi connectivity index (χ0v) is 12.8. The SMILES string of the molecule is Nc1c(C(=O)N2CCCC2)sc(=S)n1-c1ccccc1F. The van der Waals surface area contributed by atoms with E-state index in [1.807, 2.05) is 0 Å². The number of para-hydroxylation sites is 1. The smallest absolute Gasteiger partial charge is 0.267 e. The Morgan fingerprint density at radius 3 is 2.62 bits per heavy atom. The predicted molar refractivity (Wildman–Crippen MR) is 84.0 cm³/mol. The summed E-state index contributed by atoms with van der Waals surface area (Å²) in [5.41, 5.74) is 6.34. The second-order valence-electron chi connectivity index (χ2n) is 4.87. The van der Waals surface area contributed by atoms with Gasteiger partial charge in [0.1, 0.15) is 16.5 Å². The number of benzene rings is 1. The fourth-order valence-electron chi connectivity index (χ4n) is 2.46. The van der Waals surface area contributed by atoms with Crippen molar-refractivity contribution >= 4 is 35.3 Å². The molecule has 0 spiro atoms. The normalized spacial score (nSPS) is 14.6. The lowest BCUT2D eigenvalue weighted by Crippen LogP contribution is -2.27. The van der Waals surface area contributed by atoms with Crippen LogP contribution in [0.5, 0.6) is 0 Å². The van der Waals surface area contributed by atoms with E-state index in [0.29, 0.717) is 8.83 Å². The Bertz CT molecular complexity index is 747. The Hall–Kier alpha value is -1.73. The fraction of sp³-hybridized carbons (Fsp3) is 0.286. The lowest BCUT2D eigenvalue weighted by molar-refractivity contribution is 0.0798. The number of hydrogen-bond acceptors (Lipinski definition) is 4. The molecule has 1 aliphatic heterocycles. The van der Waals surface area contributed by atoms with Crippen LogP contribution in [-0.4, -0.2) is 28.5 Å². The van der Waals surface area contributed by atoms with E-state index in [1.54, 1.807) is 23.1 Å². The zero-order chi connectivity index (χ0) is 15.0. The summed E-state index contributed by atoms with van der Waals surface area (Å²) in [6, 6.07) is 6.25. The van der Waals surface area contributed by atoms with Gasteiger partial charge in [0.2, 0.25) is 0 Å². The Balaban J connectivity index is 2.07. The Kier molecular flexibility index (Phi) is 3.77. The Morgan fingerprint density at radius 1 is 1.29 bits per heavy atom. The highest BCUT2D eigenvalue weighted by Crippen LogP contribution is 2.29. The molecular weight excluding hydrogens is 309 g/mol. The minimum Gasteiger partial charge on any atom is -0.383 e. The third-order valence-corrected chi connectivity index (χ3v) is 4.90. The molecule has 0 saturated carbocycles. The number of aromatic nitrogens is 1. The monoisotopic (exact) mass is 323 g/mol. The molecule has 2 N–H and O–H groups in total. The van der Waals surface area contributed by atoms with Crippen LogP contribution in [0, 0.1) is 9.77 Å². The van der Waals surface area contributed by atoms with Crippen LogP contribution in [0.2, 0.25) is 0 Å². The van der Waals surface area contributed by atoms with Gasteiger partial charge in [0.25, 0.3) is 5.91 Å². The van der Waals surface area contributed by atoms with Gasteiger partial charge in [0, 0.05) is 13.1 Å². The largest absolute Gasteiger partial charge is 0.383 e. The van der Waals surface area contributed by atoms with Crippen molar-refractivity contribution in [1.82, 2.24) is 9.47 Å². The van der Waals surface area contributed by atoms with Gasteiger partial charge in [-0.15, -0.1) is 0 Å². The number of hydrogen-bond donors (Lipinski definition) is 1. The van der Waals surface area contributed by atoms with E-state index in [1.165, 1.54) is 10.6 Å². The van der Waals surface area contributed by atoms with Crippen molar-refractivity contribution in [3.05, 3.63) is 38.9 Å². The molecule has 7 heteroatoms. The van der Waals surface area contributed by atoms with Crippen LogP contribution in [0.25, 0.3) is 5.69 Å². The van der Waals surface area contributed by atoms with Gasteiger partial charge in [-0.25, -0.2) is 4.39 Å². The van der Waals surface area contributed by atoms with E-state index in [9.17, 15) is 9.18 Å². The van der Waals surface area contributed by atoms with Crippen molar-refractivity contribution in [1.29, 1.82) is 0 Å². The molecule has 1 fully saturated rings. The van der Waals surface area contributed by atoms with Gasteiger partial charge < -0.3 is 10.6 Å². The van der Waals surface area contributed by atoms with Crippen LogP contribution in [0.1, 0.15) is 22.5 Å². The lowest BCUT2D eigenvalue weighted by atomic mass is 10.3. The number of rotatable bonds is 2. The first-order valence-corrected chi connectivity index (χ1v) is 7.87. The molecule has 1 aromatic carbocycles. The van der Waals surface area contributed by atoms with Crippen molar-refractivity contribution in [2.24, 2.45) is 0 Å². The molecule has 21 heavy (non-hydrogen) atoms. The number of amides is 1. The van der Waals surface area contributed by atoms with E-state index < -0.39 is 5.82 Å². The maximum atomic E-state index is 13.9. The van der Waals surface area contributed by atoms with Gasteiger partial charge in [-0.3, -0.25) is 9.36 Å². The first-order valence-electron chi connectivity index (χ1n) is 6.65. The average molecular weight is 323 g/mol. The third kappa shape index (κ3) is 2.47. The molecular formula is C14H14FN3OS2. The third-order valence-electron chi connectivity index (χ3n) is 3.53. The zero-order valence-electron chi connectivity index (χ0n) is 11.2. The topological polar surface area (TPSA) is 51.3 Å². The second-order valence-corrected chi connectivity index (χ2v) is 6.51. The summed E-state index contributed by atoms with van der Waals surface area (Å²) in [6.07, 6.45) is 2.01. The number of carbonyl (C=O) groups excluding carboxylic acids is 1. The molecule has 2 heterocycles. The summed E-state index contributed by atoms with van der Waals surface area (Å²) in [7, 11) is 0. The Morgan fingerprint density at radius 2 is 1.95 bits per heavy atom. The highest BCUT2D eigenvalue weighted by molar-refractivity contribution is 7.73. The minimum absolute atomic E-state index is 0.115. The fourth-order valence-corrected chi connectivity index (χ4v) is 3.78. The first kappa shape index (κ1) is 14.2. The standard InChI is InChI=1S/C14H14FN3OS2/c15-9-5-1-2-6-10(9)18-12(16)11(21-14(18)20)13(19)17-7-3-4-8-17/h1-2,5-6H,3-4,7-8,16H2. The summed E-state index contributed by atoms with van der Waals surface area (Å²) in [6.45, 7) is 1.48. The van der Waals surface area contributed by atoms with Crippen molar-refractivity contribution in [3.63, 3.8) is 0 Å². The highest BCUT2D eigenvalue weighted by Gasteiger charge is 2.25. The number of nitrogens with zero attached hydrogens (tertiary/aromatic N) is 2. The number of nitrogens with two attached hydrogens (primary N) is 1. The molecule has 1 aliphatic rings. The molecule has 0 atom stereocenters. The summed E-state index contributed by atoms with van der Waals surface area (Å²) >= 11 is 6.39. The van der Waals surface area contributed by atoms with Gasteiger partial charge in [0.05, 0.1) is 5.69 Å². The first-order chi connectivity index (χ1) is 10.1. The molecule has 1 amide bonds. The van der Waals surface area contributed by atoms with Crippen molar-refractivity contribution in [3.8, 4) is 5.69 Å². The number of thiazole rings is 1.